The number of aliphatic hydroxyl groups is 1. The standard InChI is InChI=1S/C30H25ClN2O6S/c1-4-38-22-10-5-16(13-23(22)37-3)26-25(27(34)17-6-9-21-18(12-17)11-15(2)39-21)28(35)29(36)33(26)30-32-20-8-7-19(31)14-24(20)40-30/h5-10,12-15,26,34H,4,11H2,1-3H3/t15-,26+/m1/s1. The number of hydrogen-bond donors (Lipinski definition) is 1. The number of nitrogens with zero attached hydrogens (tertiary/aromatic N) is 2. The van der Waals surface area contributed by atoms with Gasteiger partial charge < -0.3 is 19.3 Å². The second-order valence-electron chi connectivity index (χ2n) is 9.58. The van der Waals surface area contributed by atoms with E-state index in [4.69, 9.17) is 25.8 Å². The summed E-state index contributed by atoms with van der Waals surface area (Å²) in [6, 6.07) is 14.7. The molecule has 0 spiro atoms. The molecular formula is C30H25ClN2O6S. The number of carbonyl (C=O) groups excluding carboxylic acids is 2. The summed E-state index contributed by atoms with van der Waals surface area (Å²) in [6.45, 7) is 4.27. The van der Waals surface area contributed by atoms with Gasteiger partial charge in [0.1, 0.15) is 17.6 Å². The average molecular weight is 577 g/mol. The zero-order valence-electron chi connectivity index (χ0n) is 21.9. The molecule has 3 aromatic carbocycles. The number of thiazole rings is 1. The molecule has 3 heterocycles. The summed E-state index contributed by atoms with van der Waals surface area (Å²) in [5.41, 5.74) is 2.50. The van der Waals surface area contributed by atoms with E-state index in [0.717, 1.165) is 16.0 Å². The summed E-state index contributed by atoms with van der Waals surface area (Å²) in [5, 5.41) is 12.4. The van der Waals surface area contributed by atoms with E-state index in [0.29, 0.717) is 51.3 Å². The van der Waals surface area contributed by atoms with Gasteiger partial charge in [0, 0.05) is 17.0 Å². The lowest BCUT2D eigenvalue weighted by Crippen LogP contribution is -2.29. The molecule has 0 aliphatic carbocycles. The summed E-state index contributed by atoms with van der Waals surface area (Å²) in [7, 11) is 1.52. The minimum Gasteiger partial charge on any atom is -0.507 e. The van der Waals surface area contributed by atoms with Gasteiger partial charge in [0.15, 0.2) is 16.6 Å². The minimum atomic E-state index is -0.968. The van der Waals surface area contributed by atoms with Crippen molar-refractivity contribution in [3.05, 3.63) is 81.9 Å². The molecule has 2 aliphatic heterocycles. The topological polar surface area (TPSA) is 98.2 Å². The normalized spacial score (nSPS) is 19.6. The Bertz CT molecular complexity index is 1710. The Hall–Kier alpha value is -4.08. The molecule has 1 N–H and O–H groups in total. The third-order valence-corrected chi connectivity index (χ3v) is 8.21. The molecule has 0 radical (unpaired) electrons. The van der Waals surface area contributed by atoms with Gasteiger partial charge in [-0.1, -0.05) is 29.0 Å². The highest BCUT2D eigenvalue weighted by Crippen LogP contribution is 2.46. The van der Waals surface area contributed by atoms with Crippen LogP contribution in [0.25, 0.3) is 16.0 Å². The third-order valence-electron chi connectivity index (χ3n) is 6.96. The van der Waals surface area contributed by atoms with Crippen molar-refractivity contribution in [1.29, 1.82) is 0 Å². The number of hydrogen-bond acceptors (Lipinski definition) is 8. The summed E-state index contributed by atoms with van der Waals surface area (Å²) in [6.07, 6.45) is 0.695. The number of anilines is 1. The first kappa shape index (κ1) is 26.2. The van der Waals surface area contributed by atoms with Crippen molar-refractivity contribution in [3.8, 4) is 17.2 Å². The number of fused-ring (bicyclic) bond motifs is 2. The number of amides is 1. The fourth-order valence-electron chi connectivity index (χ4n) is 5.19. The van der Waals surface area contributed by atoms with Crippen LogP contribution in [0.3, 0.4) is 0 Å². The monoisotopic (exact) mass is 576 g/mol. The first-order chi connectivity index (χ1) is 19.3. The number of aliphatic hydroxyl groups excluding tert-OH is 1. The summed E-state index contributed by atoms with van der Waals surface area (Å²) in [4.78, 5) is 33.2. The van der Waals surface area contributed by atoms with Crippen molar-refractivity contribution in [2.75, 3.05) is 18.6 Å². The predicted octanol–water partition coefficient (Wildman–Crippen LogP) is 6.31. The van der Waals surface area contributed by atoms with E-state index >= 15 is 0 Å². The SMILES string of the molecule is CCOc1ccc([C@H]2C(=C(O)c3ccc4c(c3)C[C@@H](C)O4)C(=O)C(=O)N2c2nc3ccc(Cl)cc3s2)cc1OC. The van der Waals surface area contributed by atoms with Crippen LogP contribution < -0.4 is 19.1 Å². The summed E-state index contributed by atoms with van der Waals surface area (Å²) < 4.78 is 17.8. The molecule has 40 heavy (non-hydrogen) atoms. The second-order valence-corrected chi connectivity index (χ2v) is 11.0. The van der Waals surface area contributed by atoms with Crippen LogP contribution in [0.4, 0.5) is 5.13 Å². The van der Waals surface area contributed by atoms with Crippen LogP contribution in [0.1, 0.15) is 36.6 Å². The van der Waals surface area contributed by atoms with Crippen LogP contribution in [0.15, 0.2) is 60.2 Å². The highest BCUT2D eigenvalue weighted by Gasteiger charge is 2.48. The predicted molar refractivity (Wildman–Crippen MR) is 154 cm³/mol. The van der Waals surface area contributed by atoms with Crippen LogP contribution >= 0.6 is 22.9 Å². The number of ether oxygens (including phenoxy) is 3. The maximum atomic E-state index is 13.6. The molecule has 6 rings (SSSR count). The third kappa shape index (κ3) is 4.35. The molecule has 0 bridgehead atoms. The van der Waals surface area contributed by atoms with Gasteiger partial charge in [0.25, 0.3) is 5.78 Å². The molecule has 2 atom stereocenters. The van der Waals surface area contributed by atoms with Crippen molar-refractivity contribution in [2.45, 2.75) is 32.4 Å². The molecule has 10 heteroatoms. The van der Waals surface area contributed by atoms with Gasteiger partial charge in [0.05, 0.1) is 35.5 Å². The van der Waals surface area contributed by atoms with Crippen LogP contribution in [0.2, 0.25) is 5.02 Å². The lowest BCUT2D eigenvalue weighted by atomic mass is 9.94. The highest BCUT2D eigenvalue weighted by molar-refractivity contribution is 7.22. The Labute approximate surface area is 239 Å². The maximum Gasteiger partial charge on any atom is 0.301 e. The van der Waals surface area contributed by atoms with Gasteiger partial charge in [-0.2, -0.15) is 0 Å². The molecule has 1 amide bonds. The zero-order valence-corrected chi connectivity index (χ0v) is 23.5. The van der Waals surface area contributed by atoms with E-state index in [9.17, 15) is 14.7 Å². The lowest BCUT2D eigenvalue weighted by Gasteiger charge is -2.24. The van der Waals surface area contributed by atoms with Crippen molar-refractivity contribution in [1.82, 2.24) is 4.98 Å². The molecule has 204 valence electrons. The number of ketones is 1. The van der Waals surface area contributed by atoms with Crippen LogP contribution in [-0.4, -0.2) is 41.6 Å². The van der Waals surface area contributed by atoms with Crippen molar-refractivity contribution in [3.63, 3.8) is 0 Å². The molecule has 1 fully saturated rings. The fraction of sp³-hybridized carbons (Fsp3) is 0.233. The molecule has 1 aromatic heterocycles. The zero-order chi connectivity index (χ0) is 28.1. The Morgan fingerprint density at radius 2 is 1.98 bits per heavy atom. The van der Waals surface area contributed by atoms with Crippen LogP contribution in [0, 0.1) is 0 Å². The largest absolute Gasteiger partial charge is 0.507 e. The lowest BCUT2D eigenvalue weighted by molar-refractivity contribution is -0.132. The fourth-order valence-corrected chi connectivity index (χ4v) is 6.46. The van der Waals surface area contributed by atoms with E-state index in [-0.39, 0.29) is 17.4 Å². The van der Waals surface area contributed by atoms with E-state index in [1.807, 2.05) is 13.8 Å². The number of Topliss-reactive ketones (excluding diaryl/α,β-unsaturated/α-hetero) is 1. The first-order valence-corrected chi connectivity index (χ1v) is 14.0. The highest BCUT2D eigenvalue weighted by atomic mass is 35.5. The first-order valence-electron chi connectivity index (χ1n) is 12.8. The number of benzene rings is 3. The van der Waals surface area contributed by atoms with Gasteiger partial charge in [-0.3, -0.25) is 14.5 Å². The Morgan fingerprint density at radius 1 is 1.15 bits per heavy atom. The summed E-state index contributed by atoms with van der Waals surface area (Å²) >= 11 is 7.43. The maximum absolute atomic E-state index is 13.6. The molecular weight excluding hydrogens is 552 g/mol. The number of halogens is 1. The number of aromatic nitrogens is 1. The average Bonchev–Trinajstić information content (AvgIpc) is 3.60. The smallest absolute Gasteiger partial charge is 0.301 e. The van der Waals surface area contributed by atoms with Gasteiger partial charge in [-0.25, -0.2) is 4.98 Å². The van der Waals surface area contributed by atoms with Gasteiger partial charge in [0.2, 0.25) is 0 Å². The number of carbonyl (C=O) groups is 2. The van der Waals surface area contributed by atoms with E-state index in [1.165, 1.54) is 23.3 Å². The Kier molecular flexibility index (Phi) is 6.64. The van der Waals surface area contributed by atoms with Gasteiger partial charge in [-0.15, -0.1) is 0 Å². The minimum absolute atomic E-state index is 0.0156. The Morgan fingerprint density at radius 3 is 2.75 bits per heavy atom. The van der Waals surface area contributed by atoms with E-state index in [1.54, 1.807) is 54.6 Å². The van der Waals surface area contributed by atoms with Crippen molar-refractivity contribution < 1.29 is 28.9 Å². The quantitative estimate of drug-likeness (QED) is 0.163. The molecule has 0 saturated carbocycles. The van der Waals surface area contributed by atoms with E-state index in [2.05, 4.69) is 4.98 Å². The molecule has 8 nitrogen and oxygen atoms in total. The second kappa shape index (κ2) is 10.1. The van der Waals surface area contributed by atoms with E-state index < -0.39 is 17.7 Å². The van der Waals surface area contributed by atoms with Crippen LogP contribution in [0.5, 0.6) is 17.2 Å². The van der Waals surface area contributed by atoms with Gasteiger partial charge in [-0.05, 0) is 73.5 Å². The van der Waals surface area contributed by atoms with Crippen molar-refractivity contribution >= 4 is 55.7 Å². The number of rotatable bonds is 6. The number of methoxy groups -OCH3 is 1. The molecule has 1 saturated heterocycles. The van der Waals surface area contributed by atoms with Gasteiger partial charge >= 0.3 is 5.91 Å². The van der Waals surface area contributed by atoms with Crippen molar-refractivity contribution in [2.24, 2.45) is 0 Å². The Balaban J connectivity index is 1.55. The molecule has 2 aliphatic rings. The molecule has 0 unspecified atom stereocenters. The van der Waals surface area contributed by atoms with Crippen LogP contribution in [-0.2, 0) is 16.0 Å². The molecule has 4 aromatic rings. The summed E-state index contributed by atoms with van der Waals surface area (Å²) in [5.74, 6) is -0.172.